The molecule has 1 aromatic rings. The number of hydrogen-bond donors (Lipinski definition) is 2. The van der Waals surface area contributed by atoms with E-state index in [-0.39, 0.29) is 17.9 Å². The van der Waals surface area contributed by atoms with E-state index in [1.165, 1.54) is 12.1 Å². The molecule has 0 saturated heterocycles. The maximum absolute atomic E-state index is 12.5. The molecule has 0 aliphatic heterocycles. The minimum Gasteiger partial charge on any atom is -0.326 e. The summed E-state index contributed by atoms with van der Waals surface area (Å²) >= 11 is 0. The van der Waals surface area contributed by atoms with E-state index in [4.69, 9.17) is 0 Å². The molecular formula is C17H23F3N2O3S. The third-order valence-electron chi connectivity index (χ3n) is 4.53. The Balaban J connectivity index is 1.87. The van der Waals surface area contributed by atoms with Gasteiger partial charge in [-0.05, 0) is 63.8 Å². The third-order valence-corrected chi connectivity index (χ3v) is 6.43. The van der Waals surface area contributed by atoms with E-state index in [0.717, 1.165) is 12.1 Å². The summed E-state index contributed by atoms with van der Waals surface area (Å²) < 4.78 is 64.0. The fraction of sp³-hybridized carbons (Fsp3) is 0.588. The minimum absolute atomic E-state index is 0.183. The van der Waals surface area contributed by atoms with Crippen molar-refractivity contribution < 1.29 is 26.4 Å². The second-order valence-electron chi connectivity index (χ2n) is 6.82. The number of anilines is 1. The molecule has 1 fully saturated rings. The van der Waals surface area contributed by atoms with Crippen molar-refractivity contribution in [2.75, 3.05) is 5.32 Å². The second-order valence-corrected chi connectivity index (χ2v) is 9.09. The van der Waals surface area contributed by atoms with Crippen LogP contribution in [0.25, 0.3) is 0 Å². The van der Waals surface area contributed by atoms with Crippen LogP contribution < -0.4 is 10.0 Å². The highest BCUT2D eigenvalue weighted by molar-refractivity contribution is 7.90. The van der Waals surface area contributed by atoms with Gasteiger partial charge in [0.25, 0.3) is 0 Å². The van der Waals surface area contributed by atoms with Gasteiger partial charge in [-0.1, -0.05) is 0 Å². The SMILES string of the molecule is CC(C)S(=O)(=O)NC1CCC(C(=O)Nc2ccc(C(F)(F)F)cc2)CC1. The summed E-state index contributed by atoms with van der Waals surface area (Å²) in [5, 5.41) is 2.12. The highest BCUT2D eigenvalue weighted by Gasteiger charge is 2.31. The van der Waals surface area contributed by atoms with Crippen LogP contribution in [0.5, 0.6) is 0 Å². The lowest BCUT2D eigenvalue weighted by atomic mass is 9.86. The molecule has 0 atom stereocenters. The summed E-state index contributed by atoms with van der Waals surface area (Å²) in [5.41, 5.74) is -0.459. The molecule has 0 aromatic heterocycles. The molecule has 146 valence electrons. The molecule has 1 aliphatic carbocycles. The Kier molecular flexibility index (Phi) is 6.33. The van der Waals surface area contributed by atoms with E-state index < -0.39 is 27.0 Å². The minimum atomic E-state index is -4.41. The van der Waals surface area contributed by atoms with Gasteiger partial charge in [-0.2, -0.15) is 13.2 Å². The molecule has 1 aliphatic rings. The smallest absolute Gasteiger partial charge is 0.326 e. The van der Waals surface area contributed by atoms with Crippen LogP contribution in [0.3, 0.4) is 0 Å². The zero-order valence-electron chi connectivity index (χ0n) is 14.6. The first kappa shape index (κ1) is 20.7. The molecule has 9 heteroatoms. The van der Waals surface area contributed by atoms with Crippen LogP contribution in [0.1, 0.15) is 45.1 Å². The number of halogens is 3. The van der Waals surface area contributed by atoms with Crippen molar-refractivity contribution in [1.29, 1.82) is 0 Å². The average molecular weight is 392 g/mol. The number of carbonyl (C=O) groups is 1. The van der Waals surface area contributed by atoms with Crippen LogP contribution in [-0.2, 0) is 21.0 Å². The largest absolute Gasteiger partial charge is 0.416 e. The Bertz CT molecular complexity index is 723. The predicted molar refractivity (Wildman–Crippen MR) is 93.0 cm³/mol. The molecule has 1 saturated carbocycles. The molecular weight excluding hydrogens is 369 g/mol. The quantitative estimate of drug-likeness (QED) is 0.805. The third kappa shape index (κ3) is 5.44. The van der Waals surface area contributed by atoms with Crippen molar-refractivity contribution in [1.82, 2.24) is 4.72 Å². The van der Waals surface area contributed by atoms with E-state index in [0.29, 0.717) is 31.4 Å². The van der Waals surface area contributed by atoms with Gasteiger partial charge in [-0.3, -0.25) is 4.79 Å². The number of alkyl halides is 3. The molecule has 0 bridgehead atoms. The first-order valence-corrected chi connectivity index (χ1v) is 10.0. The van der Waals surface area contributed by atoms with Gasteiger partial charge in [0.05, 0.1) is 10.8 Å². The lowest BCUT2D eigenvalue weighted by molar-refractivity contribution is -0.137. The first-order valence-electron chi connectivity index (χ1n) is 8.48. The first-order chi connectivity index (χ1) is 12.0. The topological polar surface area (TPSA) is 75.3 Å². The van der Waals surface area contributed by atoms with Gasteiger partial charge < -0.3 is 5.32 Å². The van der Waals surface area contributed by atoms with Crippen LogP contribution >= 0.6 is 0 Å². The van der Waals surface area contributed by atoms with Crippen molar-refractivity contribution in [2.24, 2.45) is 5.92 Å². The second kappa shape index (κ2) is 7.96. The van der Waals surface area contributed by atoms with Gasteiger partial charge in [0.2, 0.25) is 15.9 Å². The molecule has 0 radical (unpaired) electrons. The summed E-state index contributed by atoms with van der Waals surface area (Å²) in [6.07, 6.45) is -2.26. The molecule has 0 unspecified atom stereocenters. The van der Waals surface area contributed by atoms with E-state index in [2.05, 4.69) is 10.0 Å². The number of carbonyl (C=O) groups excluding carboxylic acids is 1. The van der Waals surface area contributed by atoms with Gasteiger partial charge in [-0.15, -0.1) is 0 Å². The van der Waals surface area contributed by atoms with Crippen LogP contribution in [0, 0.1) is 5.92 Å². The standard InChI is InChI=1S/C17H23F3N2O3S/c1-11(2)26(24,25)22-15-7-3-12(4-8-15)16(23)21-14-9-5-13(6-10-14)17(18,19)20/h5-6,9-12,15,22H,3-4,7-8H2,1-2H3,(H,21,23). The molecule has 2 rings (SSSR count). The number of sulfonamides is 1. The van der Waals surface area contributed by atoms with Crippen molar-refractivity contribution in [3.63, 3.8) is 0 Å². The molecule has 2 N–H and O–H groups in total. The summed E-state index contributed by atoms with van der Waals surface area (Å²) in [7, 11) is -3.34. The summed E-state index contributed by atoms with van der Waals surface area (Å²) in [6, 6.07) is 4.12. The van der Waals surface area contributed by atoms with Crippen LogP contribution in [0.4, 0.5) is 18.9 Å². The molecule has 5 nitrogen and oxygen atoms in total. The Morgan fingerprint density at radius 3 is 2.08 bits per heavy atom. The fourth-order valence-corrected chi connectivity index (χ4v) is 3.80. The Labute approximate surface area is 151 Å². The Morgan fingerprint density at radius 1 is 1.08 bits per heavy atom. The van der Waals surface area contributed by atoms with Gasteiger partial charge >= 0.3 is 6.18 Å². The number of rotatable bonds is 5. The molecule has 1 amide bonds. The van der Waals surface area contributed by atoms with Gasteiger partial charge in [0.1, 0.15) is 0 Å². The maximum atomic E-state index is 12.5. The van der Waals surface area contributed by atoms with Crippen molar-refractivity contribution in [2.45, 2.75) is 57.0 Å². The maximum Gasteiger partial charge on any atom is 0.416 e. The van der Waals surface area contributed by atoms with E-state index in [1.54, 1.807) is 13.8 Å². The monoisotopic (exact) mass is 392 g/mol. The molecule has 26 heavy (non-hydrogen) atoms. The van der Waals surface area contributed by atoms with Crippen LogP contribution in [0.15, 0.2) is 24.3 Å². The van der Waals surface area contributed by atoms with Gasteiger partial charge in [0, 0.05) is 17.6 Å². The summed E-state index contributed by atoms with van der Waals surface area (Å²) in [6.45, 7) is 3.21. The van der Waals surface area contributed by atoms with Crippen LogP contribution in [0.2, 0.25) is 0 Å². The number of benzene rings is 1. The van der Waals surface area contributed by atoms with Crippen molar-refractivity contribution in [3.05, 3.63) is 29.8 Å². The zero-order valence-corrected chi connectivity index (χ0v) is 15.5. The van der Waals surface area contributed by atoms with E-state index >= 15 is 0 Å². The zero-order chi connectivity index (χ0) is 19.5. The van der Waals surface area contributed by atoms with E-state index in [1.807, 2.05) is 0 Å². The summed E-state index contributed by atoms with van der Waals surface area (Å²) in [5.74, 6) is -0.535. The predicted octanol–water partition coefficient (Wildman–Crippen LogP) is 3.53. The summed E-state index contributed by atoms with van der Waals surface area (Å²) in [4.78, 5) is 12.3. The number of amides is 1. The van der Waals surface area contributed by atoms with E-state index in [9.17, 15) is 26.4 Å². The lowest BCUT2D eigenvalue weighted by Crippen LogP contribution is -2.42. The normalized spacial score (nSPS) is 21.6. The van der Waals surface area contributed by atoms with Crippen molar-refractivity contribution in [3.8, 4) is 0 Å². The van der Waals surface area contributed by atoms with Gasteiger partial charge in [-0.25, -0.2) is 13.1 Å². The van der Waals surface area contributed by atoms with Gasteiger partial charge in [0.15, 0.2) is 0 Å². The number of hydrogen-bond acceptors (Lipinski definition) is 3. The Hall–Kier alpha value is -1.61. The fourth-order valence-electron chi connectivity index (χ4n) is 2.83. The number of nitrogens with one attached hydrogen (secondary N) is 2. The molecule has 0 spiro atoms. The highest BCUT2D eigenvalue weighted by atomic mass is 32.2. The van der Waals surface area contributed by atoms with Crippen molar-refractivity contribution >= 4 is 21.6 Å². The highest BCUT2D eigenvalue weighted by Crippen LogP contribution is 2.30. The molecule has 0 heterocycles. The Morgan fingerprint density at radius 2 is 1.62 bits per heavy atom. The molecule has 1 aromatic carbocycles. The lowest BCUT2D eigenvalue weighted by Gasteiger charge is -2.28. The average Bonchev–Trinajstić information content (AvgIpc) is 2.54. The van der Waals surface area contributed by atoms with Crippen LogP contribution in [-0.4, -0.2) is 25.6 Å².